The first-order chi connectivity index (χ1) is 15.7. The summed E-state index contributed by atoms with van der Waals surface area (Å²) in [6.45, 7) is 2.11. The minimum atomic E-state index is -4.68. The highest BCUT2D eigenvalue weighted by atomic mass is 31.2. The van der Waals surface area contributed by atoms with E-state index in [2.05, 4.69) is 30.1 Å². The molecule has 3 aromatic rings. The van der Waals surface area contributed by atoms with Crippen molar-refractivity contribution in [3.8, 4) is 11.6 Å². The molecule has 0 unspecified atom stereocenters. The van der Waals surface area contributed by atoms with Crippen molar-refractivity contribution in [1.29, 1.82) is 0 Å². The van der Waals surface area contributed by atoms with E-state index in [-0.39, 0.29) is 42.9 Å². The highest BCUT2D eigenvalue weighted by Gasteiger charge is 2.19. The van der Waals surface area contributed by atoms with Gasteiger partial charge in [0.05, 0.1) is 22.9 Å². The van der Waals surface area contributed by atoms with E-state index in [1.807, 2.05) is 0 Å². The van der Waals surface area contributed by atoms with Gasteiger partial charge in [0, 0.05) is 19.5 Å². The van der Waals surface area contributed by atoms with E-state index >= 15 is 0 Å². The Bertz CT molecular complexity index is 1180. The maximum absolute atomic E-state index is 12.7. The average molecular weight is 475 g/mol. The van der Waals surface area contributed by atoms with Crippen molar-refractivity contribution in [2.75, 3.05) is 13.1 Å². The summed E-state index contributed by atoms with van der Waals surface area (Å²) < 4.78 is 21.0. The Labute approximate surface area is 188 Å². The Hall–Kier alpha value is -3.60. The molecule has 4 N–H and O–H groups in total. The summed E-state index contributed by atoms with van der Waals surface area (Å²) >= 11 is 0. The summed E-state index contributed by atoms with van der Waals surface area (Å²) in [5.41, 5.74) is 1.40. The normalized spacial score (nSPS) is 11.1. The van der Waals surface area contributed by atoms with E-state index in [4.69, 9.17) is 14.5 Å². The number of phosphoric ester groups is 1. The molecule has 0 fully saturated rings. The van der Waals surface area contributed by atoms with Gasteiger partial charge in [-0.2, -0.15) is 0 Å². The van der Waals surface area contributed by atoms with Gasteiger partial charge in [0.25, 0.3) is 5.91 Å². The molecule has 0 saturated heterocycles. The number of hydrogen-bond acceptors (Lipinski definition) is 8. The van der Waals surface area contributed by atoms with Crippen LogP contribution in [0, 0.1) is 0 Å². The molecule has 12 nitrogen and oxygen atoms in total. The number of amides is 2. The largest absolute Gasteiger partial charge is 0.524 e. The maximum atomic E-state index is 12.7. The number of phosphoric acid groups is 1. The summed E-state index contributed by atoms with van der Waals surface area (Å²) in [5, 5.41) is 5.33. The Balaban J connectivity index is 1.73. The van der Waals surface area contributed by atoms with Crippen LogP contribution in [0.5, 0.6) is 11.6 Å². The lowest BCUT2D eigenvalue weighted by molar-refractivity contribution is -0.120. The second-order valence-electron chi connectivity index (χ2n) is 6.68. The van der Waals surface area contributed by atoms with Crippen LogP contribution < -0.4 is 19.9 Å². The highest BCUT2D eigenvalue weighted by molar-refractivity contribution is 7.46. The first-order valence-corrected chi connectivity index (χ1v) is 11.4. The van der Waals surface area contributed by atoms with Gasteiger partial charge >= 0.3 is 7.82 Å². The minimum absolute atomic E-state index is 0.0128. The smallest absolute Gasteiger partial charge is 0.469 e. The minimum Gasteiger partial charge on any atom is -0.469 e. The van der Waals surface area contributed by atoms with Crippen LogP contribution in [0.1, 0.15) is 29.5 Å². The van der Waals surface area contributed by atoms with Gasteiger partial charge in [0.2, 0.25) is 11.8 Å². The second-order valence-corrected chi connectivity index (χ2v) is 7.84. The summed E-state index contributed by atoms with van der Waals surface area (Å²) in [6, 6.07) is 9.77. The number of pyridine rings is 1. The lowest BCUT2D eigenvalue weighted by Gasteiger charge is -2.12. The molecule has 2 heterocycles. The Morgan fingerprint density at radius 3 is 2.36 bits per heavy atom. The van der Waals surface area contributed by atoms with Crippen molar-refractivity contribution in [2.24, 2.45) is 0 Å². The fourth-order valence-corrected chi connectivity index (χ4v) is 3.03. The lowest BCUT2D eigenvalue weighted by atomic mass is 10.3. The zero-order valence-electron chi connectivity index (χ0n) is 17.6. The molecule has 13 heteroatoms. The van der Waals surface area contributed by atoms with Crippen molar-refractivity contribution >= 4 is 30.7 Å². The molecule has 0 bridgehead atoms. The molecule has 0 spiro atoms. The molecule has 0 radical (unpaired) electrons. The lowest BCUT2D eigenvalue weighted by Crippen LogP contribution is -2.35. The number of nitrogens with zero attached hydrogens (tertiary/aromatic N) is 3. The summed E-state index contributed by atoms with van der Waals surface area (Å²) in [5.74, 6) is -0.759. The molecule has 174 valence electrons. The fraction of sp³-hybridized carbons (Fsp3) is 0.250. The van der Waals surface area contributed by atoms with E-state index in [9.17, 15) is 14.2 Å². The molecular formula is C20H22N5O7P. The zero-order chi connectivity index (χ0) is 23.8. The van der Waals surface area contributed by atoms with Gasteiger partial charge in [-0.3, -0.25) is 24.4 Å². The number of nitrogens with one attached hydrogen (secondary N) is 2. The van der Waals surface area contributed by atoms with Crippen LogP contribution in [0.25, 0.3) is 11.0 Å². The monoisotopic (exact) mass is 475 g/mol. The number of ether oxygens (including phenoxy) is 1. The van der Waals surface area contributed by atoms with E-state index in [1.54, 1.807) is 31.2 Å². The molecule has 0 saturated carbocycles. The van der Waals surface area contributed by atoms with Crippen molar-refractivity contribution in [3.05, 3.63) is 54.0 Å². The van der Waals surface area contributed by atoms with Gasteiger partial charge in [-0.05, 0) is 24.3 Å². The third-order valence-corrected chi connectivity index (χ3v) is 4.63. The predicted octanol–water partition coefficient (Wildman–Crippen LogP) is 1.33. The van der Waals surface area contributed by atoms with Gasteiger partial charge in [-0.25, -0.2) is 14.5 Å². The molecule has 0 aliphatic heterocycles. The maximum Gasteiger partial charge on any atom is 0.524 e. The van der Waals surface area contributed by atoms with Gasteiger partial charge in [0.1, 0.15) is 12.4 Å². The van der Waals surface area contributed by atoms with Crippen LogP contribution in [-0.4, -0.2) is 49.6 Å². The average Bonchev–Trinajstić information content (AvgIpc) is 2.79. The third-order valence-electron chi connectivity index (χ3n) is 4.19. The SMILES string of the molecule is CCC(=O)NCCNC(=O)c1nc2ccccc2nc1OCc1ccc(OP(=O)(O)O)cn1. The van der Waals surface area contributed by atoms with Gasteiger partial charge in [-0.15, -0.1) is 0 Å². The van der Waals surface area contributed by atoms with Crippen LogP contribution in [0.15, 0.2) is 42.6 Å². The Morgan fingerprint density at radius 2 is 1.73 bits per heavy atom. The standard InChI is InChI=1S/C20H22N5O7P/c1-2-17(26)21-9-10-22-19(27)18-20(25-16-6-4-3-5-15(16)24-18)31-12-13-7-8-14(11-23-13)32-33(28,29)30/h3-8,11H,2,9-10,12H2,1H3,(H,21,26)(H,22,27)(H2,28,29,30). The van der Waals surface area contributed by atoms with E-state index in [0.29, 0.717) is 23.1 Å². The molecule has 3 rings (SSSR count). The van der Waals surface area contributed by atoms with Crippen molar-refractivity contribution in [3.63, 3.8) is 0 Å². The van der Waals surface area contributed by atoms with Gasteiger partial charge in [-0.1, -0.05) is 19.1 Å². The van der Waals surface area contributed by atoms with Crippen LogP contribution >= 0.6 is 7.82 Å². The van der Waals surface area contributed by atoms with E-state index in [1.165, 1.54) is 12.1 Å². The number of rotatable bonds is 10. The third kappa shape index (κ3) is 7.21. The number of hydrogen-bond donors (Lipinski definition) is 4. The van der Waals surface area contributed by atoms with Crippen LogP contribution in [-0.2, 0) is 16.0 Å². The van der Waals surface area contributed by atoms with Crippen LogP contribution in [0.3, 0.4) is 0 Å². The molecule has 0 aliphatic rings. The number of carbonyl (C=O) groups is 2. The molecule has 2 amide bonds. The second kappa shape index (κ2) is 10.8. The summed E-state index contributed by atoms with van der Waals surface area (Å²) in [7, 11) is -4.68. The number of para-hydroxylation sites is 2. The van der Waals surface area contributed by atoms with Crippen molar-refractivity contribution in [1.82, 2.24) is 25.6 Å². The van der Waals surface area contributed by atoms with E-state index in [0.717, 1.165) is 6.20 Å². The first-order valence-electron chi connectivity index (χ1n) is 9.89. The van der Waals surface area contributed by atoms with Crippen molar-refractivity contribution in [2.45, 2.75) is 20.0 Å². The zero-order valence-corrected chi connectivity index (χ0v) is 18.5. The first kappa shape index (κ1) is 24.1. The summed E-state index contributed by atoms with van der Waals surface area (Å²) in [4.78, 5) is 54.5. The molecule has 0 aliphatic carbocycles. The topological polar surface area (TPSA) is 173 Å². The number of carbonyl (C=O) groups excluding carboxylic acids is 2. The predicted molar refractivity (Wildman–Crippen MR) is 116 cm³/mol. The molecular weight excluding hydrogens is 453 g/mol. The van der Waals surface area contributed by atoms with Gasteiger partial charge in [0.15, 0.2) is 5.69 Å². The molecule has 0 atom stereocenters. The quantitative estimate of drug-likeness (QED) is 0.247. The summed E-state index contributed by atoms with van der Waals surface area (Å²) in [6.07, 6.45) is 1.49. The molecule has 2 aromatic heterocycles. The Kier molecular flexibility index (Phi) is 7.88. The number of fused-ring (bicyclic) bond motifs is 1. The van der Waals surface area contributed by atoms with Crippen LogP contribution in [0.2, 0.25) is 0 Å². The van der Waals surface area contributed by atoms with E-state index < -0.39 is 13.7 Å². The Morgan fingerprint density at radius 1 is 1.03 bits per heavy atom. The fourth-order valence-electron chi connectivity index (χ4n) is 2.65. The number of aromatic nitrogens is 3. The molecule has 33 heavy (non-hydrogen) atoms. The van der Waals surface area contributed by atoms with Crippen LogP contribution in [0.4, 0.5) is 0 Å². The van der Waals surface area contributed by atoms with Gasteiger partial charge < -0.3 is 19.9 Å². The molecule has 1 aromatic carbocycles. The highest BCUT2D eigenvalue weighted by Crippen LogP contribution is 2.37. The van der Waals surface area contributed by atoms with Crippen molar-refractivity contribution < 1.29 is 33.2 Å². The number of benzene rings is 1.